The van der Waals surface area contributed by atoms with Crippen molar-refractivity contribution in [3.05, 3.63) is 71.8 Å². The molecule has 2 aromatic rings. The topological polar surface area (TPSA) is 69.7 Å². The third-order valence-electron chi connectivity index (χ3n) is 4.21. The average Bonchev–Trinajstić information content (AvgIpc) is 2.73. The fourth-order valence-corrected chi connectivity index (χ4v) is 2.60. The summed E-state index contributed by atoms with van der Waals surface area (Å²) in [4.78, 5) is 36.5. The Morgan fingerprint density at radius 1 is 0.741 bits per heavy atom. The van der Waals surface area contributed by atoms with Crippen molar-refractivity contribution in [3.8, 4) is 0 Å². The van der Waals surface area contributed by atoms with E-state index >= 15 is 0 Å². The summed E-state index contributed by atoms with van der Waals surface area (Å²) in [6.45, 7) is 3.75. The zero-order valence-corrected chi connectivity index (χ0v) is 15.6. The average molecular weight is 368 g/mol. The lowest BCUT2D eigenvalue weighted by atomic mass is 10.1. The molecule has 27 heavy (non-hydrogen) atoms. The number of carbonyl (C=O) groups excluding carboxylic acids is 3. The molecule has 0 saturated carbocycles. The van der Waals surface area contributed by atoms with E-state index in [9.17, 15) is 14.4 Å². The number of ether oxygens (including phenoxy) is 2. The van der Waals surface area contributed by atoms with Crippen LogP contribution in [0.5, 0.6) is 0 Å². The van der Waals surface area contributed by atoms with Crippen LogP contribution in [-0.2, 0) is 14.3 Å². The Labute approximate surface area is 159 Å². The van der Waals surface area contributed by atoms with Crippen LogP contribution in [0, 0.1) is 0 Å². The summed E-state index contributed by atoms with van der Waals surface area (Å²) in [6, 6.07) is 17.0. The molecule has 0 radical (unpaired) electrons. The van der Waals surface area contributed by atoms with Crippen molar-refractivity contribution in [2.24, 2.45) is 0 Å². The Bertz CT molecular complexity index is 755. The second kappa shape index (κ2) is 10.3. The summed E-state index contributed by atoms with van der Waals surface area (Å²) in [5.74, 6) is -1.98. The summed E-state index contributed by atoms with van der Waals surface area (Å²) in [5.41, 5.74) is 0.764. The van der Waals surface area contributed by atoms with Crippen molar-refractivity contribution in [3.63, 3.8) is 0 Å². The van der Waals surface area contributed by atoms with Crippen LogP contribution < -0.4 is 0 Å². The lowest BCUT2D eigenvalue weighted by Crippen LogP contribution is -2.29. The normalized spacial score (nSPS) is 12.7. The second-order valence-corrected chi connectivity index (χ2v) is 6.17. The molecule has 0 N–H and O–H groups in total. The standard InChI is InChI=1S/C22H24O5/c1-3-18(26-21(24)17-13-9-6-10-14-17)15-19(4-2)27-22(25)20(23)16-11-7-5-8-12-16/h5-14,18-19H,3-4,15H2,1-2H3. The van der Waals surface area contributed by atoms with Gasteiger partial charge in [-0.2, -0.15) is 0 Å². The van der Waals surface area contributed by atoms with Gasteiger partial charge in [-0.15, -0.1) is 0 Å². The highest BCUT2D eigenvalue weighted by Gasteiger charge is 2.25. The van der Waals surface area contributed by atoms with Gasteiger partial charge in [0.2, 0.25) is 0 Å². The first-order valence-electron chi connectivity index (χ1n) is 9.11. The molecular formula is C22H24O5. The molecule has 0 aromatic heterocycles. The van der Waals surface area contributed by atoms with E-state index in [-0.39, 0.29) is 0 Å². The number of hydrogen-bond donors (Lipinski definition) is 0. The van der Waals surface area contributed by atoms with E-state index in [0.29, 0.717) is 30.4 Å². The smallest absolute Gasteiger partial charge is 0.379 e. The van der Waals surface area contributed by atoms with E-state index in [0.717, 1.165) is 0 Å². The van der Waals surface area contributed by atoms with Crippen molar-refractivity contribution in [2.75, 3.05) is 0 Å². The van der Waals surface area contributed by atoms with Gasteiger partial charge in [-0.3, -0.25) is 4.79 Å². The molecule has 0 amide bonds. The van der Waals surface area contributed by atoms with Crippen LogP contribution in [-0.4, -0.2) is 29.9 Å². The zero-order chi connectivity index (χ0) is 19.6. The Kier molecular flexibility index (Phi) is 7.74. The van der Waals surface area contributed by atoms with E-state index < -0.39 is 29.9 Å². The first-order chi connectivity index (χ1) is 13.0. The molecule has 2 rings (SSSR count). The molecular weight excluding hydrogens is 344 g/mol. The fraction of sp³-hybridized carbons (Fsp3) is 0.318. The predicted molar refractivity (Wildman–Crippen MR) is 101 cm³/mol. The van der Waals surface area contributed by atoms with Gasteiger partial charge in [-0.25, -0.2) is 9.59 Å². The lowest BCUT2D eigenvalue weighted by Gasteiger charge is -2.22. The summed E-state index contributed by atoms with van der Waals surface area (Å²) in [7, 11) is 0. The molecule has 142 valence electrons. The maximum atomic E-state index is 12.2. The molecule has 0 heterocycles. The second-order valence-electron chi connectivity index (χ2n) is 6.17. The van der Waals surface area contributed by atoms with Crippen LogP contribution in [0.1, 0.15) is 53.8 Å². The van der Waals surface area contributed by atoms with Gasteiger partial charge in [0.15, 0.2) is 0 Å². The van der Waals surface area contributed by atoms with Crippen molar-refractivity contribution < 1.29 is 23.9 Å². The first kappa shape index (κ1) is 20.4. The molecule has 0 fully saturated rings. The van der Waals surface area contributed by atoms with Crippen LogP contribution >= 0.6 is 0 Å². The zero-order valence-electron chi connectivity index (χ0n) is 15.6. The number of rotatable bonds is 9. The highest BCUT2D eigenvalue weighted by Crippen LogP contribution is 2.16. The van der Waals surface area contributed by atoms with E-state index in [1.807, 2.05) is 19.9 Å². The number of carbonyl (C=O) groups is 3. The number of ketones is 1. The van der Waals surface area contributed by atoms with Gasteiger partial charge < -0.3 is 9.47 Å². The molecule has 2 atom stereocenters. The number of benzene rings is 2. The molecule has 0 aliphatic carbocycles. The van der Waals surface area contributed by atoms with E-state index in [2.05, 4.69) is 0 Å². The maximum absolute atomic E-state index is 12.2. The molecule has 0 aliphatic heterocycles. The third-order valence-corrected chi connectivity index (χ3v) is 4.21. The van der Waals surface area contributed by atoms with Crippen LogP contribution in [0.4, 0.5) is 0 Å². The Morgan fingerprint density at radius 2 is 1.22 bits per heavy atom. The number of Topliss-reactive ketones (excluding diaryl/α,β-unsaturated/α-hetero) is 1. The quantitative estimate of drug-likeness (QED) is 0.377. The molecule has 0 spiro atoms. The molecule has 5 nitrogen and oxygen atoms in total. The molecule has 0 aliphatic rings. The van der Waals surface area contributed by atoms with Gasteiger partial charge in [0, 0.05) is 12.0 Å². The maximum Gasteiger partial charge on any atom is 0.379 e. The van der Waals surface area contributed by atoms with Crippen LogP contribution in [0.15, 0.2) is 60.7 Å². The summed E-state index contributed by atoms with van der Waals surface area (Å²) >= 11 is 0. The molecule has 2 unspecified atom stereocenters. The van der Waals surface area contributed by atoms with Gasteiger partial charge in [-0.1, -0.05) is 62.4 Å². The number of esters is 2. The minimum absolute atomic E-state index is 0.292. The minimum Gasteiger partial charge on any atom is -0.459 e. The molecule has 5 heteroatoms. The van der Waals surface area contributed by atoms with E-state index in [1.54, 1.807) is 54.6 Å². The van der Waals surface area contributed by atoms with E-state index in [4.69, 9.17) is 9.47 Å². The van der Waals surface area contributed by atoms with Gasteiger partial charge in [-0.05, 0) is 25.0 Å². The van der Waals surface area contributed by atoms with E-state index in [1.165, 1.54) is 0 Å². The number of hydrogen-bond acceptors (Lipinski definition) is 5. The third kappa shape index (κ3) is 6.06. The van der Waals surface area contributed by atoms with Gasteiger partial charge in [0.1, 0.15) is 12.2 Å². The first-order valence-corrected chi connectivity index (χ1v) is 9.11. The van der Waals surface area contributed by atoms with Crippen molar-refractivity contribution in [1.29, 1.82) is 0 Å². The highest BCUT2D eigenvalue weighted by atomic mass is 16.6. The molecule has 0 bridgehead atoms. The fourth-order valence-electron chi connectivity index (χ4n) is 2.60. The highest BCUT2D eigenvalue weighted by molar-refractivity contribution is 6.40. The lowest BCUT2D eigenvalue weighted by molar-refractivity contribution is -0.144. The predicted octanol–water partition coefficient (Wildman–Crippen LogP) is 4.22. The summed E-state index contributed by atoms with van der Waals surface area (Å²) in [6.07, 6.45) is 0.548. The summed E-state index contributed by atoms with van der Waals surface area (Å²) in [5, 5.41) is 0. The van der Waals surface area contributed by atoms with Gasteiger partial charge in [0.25, 0.3) is 5.78 Å². The van der Waals surface area contributed by atoms with Crippen LogP contribution in [0.25, 0.3) is 0 Å². The van der Waals surface area contributed by atoms with Crippen LogP contribution in [0.2, 0.25) is 0 Å². The monoisotopic (exact) mass is 368 g/mol. The Hall–Kier alpha value is -2.95. The SMILES string of the molecule is CCC(CC(CC)OC(=O)c1ccccc1)OC(=O)C(=O)c1ccccc1. The Morgan fingerprint density at radius 3 is 1.74 bits per heavy atom. The van der Waals surface area contributed by atoms with Gasteiger partial charge in [0.05, 0.1) is 5.56 Å². The van der Waals surface area contributed by atoms with Gasteiger partial charge >= 0.3 is 11.9 Å². The Balaban J connectivity index is 1.94. The van der Waals surface area contributed by atoms with Crippen molar-refractivity contribution >= 4 is 17.7 Å². The van der Waals surface area contributed by atoms with Crippen LogP contribution in [0.3, 0.4) is 0 Å². The largest absolute Gasteiger partial charge is 0.459 e. The van der Waals surface area contributed by atoms with Crippen molar-refractivity contribution in [1.82, 2.24) is 0 Å². The molecule has 0 saturated heterocycles. The summed E-state index contributed by atoms with van der Waals surface area (Å²) < 4.78 is 10.9. The van der Waals surface area contributed by atoms with Crippen molar-refractivity contribution in [2.45, 2.75) is 45.3 Å². The molecule has 2 aromatic carbocycles. The minimum atomic E-state index is -0.891.